The SMILES string of the molecule is CC.Clc1ccc2c(c1)[nH]c1ccc3c4ccccc4oc3c12. The number of hydrogen-bond donors (Lipinski definition) is 1. The molecule has 5 aromatic rings. The highest BCUT2D eigenvalue weighted by Crippen LogP contribution is 2.37. The molecule has 0 aliphatic heterocycles. The van der Waals surface area contributed by atoms with Crippen molar-refractivity contribution in [3.05, 3.63) is 59.6 Å². The lowest BCUT2D eigenvalue weighted by molar-refractivity contribution is 0.673. The molecule has 0 amide bonds. The van der Waals surface area contributed by atoms with Gasteiger partial charge in [-0.1, -0.05) is 49.7 Å². The van der Waals surface area contributed by atoms with Gasteiger partial charge in [0.25, 0.3) is 0 Å². The molecule has 2 heterocycles. The van der Waals surface area contributed by atoms with Crippen LogP contribution < -0.4 is 0 Å². The largest absolute Gasteiger partial charge is 0.455 e. The third kappa shape index (κ3) is 2.02. The lowest BCUT2D eigenvalue weighted by atomic mass is 10.1. The van der Waals surface area contributed by atoms with E-state index in [1.165, 1.54) is 0 Å². The van der Waals surface area contributed by atoms with Crippen LogP contribution in [0.5, 0.6) is 0 Å². The molecule has 0 unspecified atom stereocenters. The van der Waals surface area contributed by atoms with Crippen molar-refractivity contribution >= 4 is 55.3 Å². The fourth-order valence-electron chi connectivity index (χ4n) is 3.14. The number of rotatable bonds is 0. The van der Waals surface area contributed by atoms with Crippen LogP contribution in [0.3, 0.4) is 0 Å². The summed E-state index contributed by atoms with van der Waals surface area (Å²) in [7, 11) is 0. The van der Waals surface area contributed by atoms with Crippen molar-refractivity contribution in [3.8, 4) is 0 Å². The molecule has 114 valence electrons. The summed E-state index contributed by atoms with van der Waals surface area (Å²) in [6.45, 7) is 4.00. The third-order valence-electron chi connectivity index (χ3n) is 4.07. The highest BCUT2D eigenvalue weighted by molar-refractivity contribution is 6.32. The molecule has 0 atom stereocenters. The molecule has 0 aliphatic rings. The fraction of sp³-hybridized carbons (Fsp3) is 0.100. The van der Waals surface area contributed by atoms with Crippen LogP contribution >= 0.6 is 11.6 Å². The smallest absolute Gasteiger partial charge is 0.145 e. The number of hydrogen-bond acceptors (Lipinski definition) is 1. The summed E-state index contributed by atoms with van der Waals surface area (Å²) < 4.78 is 6.11. The van der Waals surface area contributed by atoms with E-state index >= 15 is 0 Å². The Morgan fingerprint density at radius 2 is 1.61 bits per heavy atom. The molecule has 0 saturated carbocycles. The van der Waals surface area contributed by atoms with Gasteiger partial charge < -0.3 is 9.40 Å². The van der Waals surface area contributed by atoms with Gasteiger partial charge in [-0.2, -0.15) is 0 Å². The van der Waals surface area contributed by atoms with Crippen molar-refractivity contribution in [1.82, 2.24) is 4.98 Å². The van der Waals surface area contributed by atoms with Gasteiger partial charge in [0.15, 0.2) is 0 Å². The van der Waals surface area contributed by atoms with Crippen molar-refractivity contribution in [2.45, 2.75) is 13.8 Å². The summed E-state index contributed by atoms with van der Waals surface area (Å²) in [5.41, 5.74) is 3.95. The van der Waals surface area contributed by atoms with Gasteiger partial charge in [0.2, 0.25) is 0 Å². The Hall–Kier alpha value is -2.45. The second kappa shape index (κ2) is 5.32. The number of nitrogens with one attached hydrogen (secondary N) is 1. The molecule has 3 heteroatoms. The summed E-state index contributed by atoms with van der Waals surface area (Å²) >= 11 is 6.09. The maximum absolute atomic E-state index is 6.11. The average molecular weight is 322 g/mol. The van der Waals surface area contributed by atoms with Gasteiger partial charge in [0.05, 0.1) is 10.9 Å². The van der Waals surface area contributed by atoms with Crippen molar-refractivity contribution < 1.29 is 4.42 Å². The van der Waals surface area contributed by atoms with E-state index in [1.807, 2.05) is 50.2 Å². The minimum atomic E-state index is 0.731. The second-order valence-electron chi connectivity index (χ2n) is 5.28. The number of benzene rings is 3. The van der Waals surface area contributed by atoms with Crippen LogP contribution in [-0.4, -0.2) is 4.98 Å². The van der Waals surface area contributed by atoms with Gasteiger partial charge in [0, 0.05) is 26.7 Å². The van der Waals surface area contributed by atoms with Crippen LogP contribution in [0, 0.1) is 0 Å². The summed E-state index contributed by atoms with van der Waals surface area (Å²) in [4.78, 5) is 3.41. The Balaban J connectivity index is 0.000000652. The van der Waals surface area contributed by atoms with E-state index in [0.717, 1.165) is 48.8 Å². The van der Waals surface area contributed by atoms with E-state index in [4.69, 9.17) is 16.0 Å². The van der Waals surface area contributed by atoms with Gasteiger partial charge in [-0.3, -0.25) is 0 Å². The first-order valence-corrected chi connectivity index (χ1v) is 8.20. The van der Waals surface area contributed by atoms with Crippen LogP contribution in [-0.2, 0) is 0 Å². The number of halogens is 1. The van der Waals surface area contributed by atoms with E-state index < -0.39 is 0 Å². The van der Waals surface area contributed by atoms with Crippen LogP contribution in [0.2, 0.25) is 5.02 Å². The zero-order valence-electron chi connectivity index (χ0n) is 13.0. The first kappa shape index (κ1) is 14.2. The zero-order chi connectivity index (χ0) is 16.0. The van der Waals surface area contributed by atoms with Gasteiger partial charge in [0.1, 0.15) is 11.2 Å². The monoisotopic (exact) mass is 321 g/mol. The Morgan fingerprint density at radius 3 is 2.48 bits per heavy atom. The molecule has 0 spiro atoms. The minimum absolute atomic E-state index is 0.731. The van der Waals surface area contributed by atoms with Gasteiger partial charge in [-0.25, -0.2) is 0 Å². The molecule has 0 fully saturated rings. The van der Waals surface area contributed by atoms with E-state index in [2.05, 4.69) is 23.2 Å². The van der Waals surface area contributed by atoms with E-state index in [0.29, 0.717) is 0 Å². The van der Waals surface area contributed by atoms with Crippen molar-refractivity contribution in [2.24, 2.45) is 0 Å². The Labute approximate surface area is 138 Å². The van der Waals surface area contributed by atoms with Crippen LogP contribution in [0.1, 0.15) is 13.8 Å². The lowest BCUT2D eigenvalue weighted by Crippen LogP contribution is -1.69. The Kier molecular flexibility index (Phi) is 3.28. The molecule has 1 N–H and O–H groups in total. The number of furan rings is 1. The first-order valence-electron chi connectivity index (χ1n) is 7.82. The quantitative estimate of drug-likeness (QED) is 0.330. The van der Waals surface area contributed by atoms with E-state index in [9.17, 15) is 0 Å². The molecular formula is C20H16ClNO. The molecule has 23 heavy (non-hydrogen) atoms. The van der Waals surface area contributed by atoms with Crippen LogP contribution in [0.25, 0.3) is 43.7 Å². The van der Waals surface area contributed by atoms with Crippen LogP contribution in [0.4, 0.5) is 0 Å². The highest BCUT2D eigenvalue weighted by atomic mass is 35.5. The molecule has 0 aliphatic carbocycles. The van der Waals surface area contributed by atoms with Crippen LogP contribution in [0.15, 0.2) is 59.0 Å². The number of para-hydroxylation sites is 1. The molecule has 0 saturated heterocycles. The molecular weight excluding hydrogens is 306 g/mol. The summed E-state index contributed by atoms with van der Waals surface area (Å²) in [5.74, 6) is 0. The third-order valence-corrected chi connectivity index (χ3v) is 4.30. The maximum atomic E-state index is 6.11. The maximum Gasteiger partial charge on any atom is 0.145 e. The van der Waals surface area contributed by atoms with Gasteiger partial charge in [-0.05, 0) is 30.3 Å². The predicted octanol–water partition coefficient (Wildman–Crippen LogP) is 6.90. The number of fused-ring (bicyclic) bond motifs is 7. The topological polar surface area (TPSA) is 28.9 Å². The molecule has 5 rings (SSSR count). The molecule has 2 aromatic heterocycles. The molecule has 3 aromatic carbocycles. The van der Waals surface area contributed by atoms with E-state index in [-0.39, 0.29) is 0 Å². The fourth-order valence-corrected chi connectivity index (χ4v) is 3.32. The molecule has 0 bridgehead atoms. The average Bonchev–Trinajstić information content (AvgIpc) is 3.13. The Bertz CT molecular complexity index is 1150. The zero-order valence-corrected chi connectivity index (χ0v) is 13.7. The lowest BCUT2D eigenvalue weighted by Gasteiger charge is -1.94. The number of H-pyrrole nitrogens is 1. The van der Waals surface area contributed by atoms with E-state index in [1.54, 1.807) is 0 Å². The molecule has 2 nitrogen and oxygen atoms in total. The number of aromatic amines is 1. The number of aromatic nitrogens is 1. The van der Waals surface area contributed by atoms with Gasteiger partial charge in [-0.15, -0.1) is 0 Å². The summed E-state index contributed by atoms with van der Waals surface area (Å²) in [5, 5.41) is 5.29. The summed E-state index contributed by atoms with van der Waals surface area (Å²) in [6.07, 6.45) is 0. The normalized spacial score (nSPS) is 11.3. The van der Waals surface area contributed by atoms with Crippen molar-refractivity contribution in [2.75, 3.05) is 0 Å². The predicted molar refractivity (Wildman–Crippen MR) is 99.4 cm³/mol. The minimum Gasteiger partial charge on any atom is -0.455 e. The Morgan fingerprint density at radius 1 is 0.826 bits per heavy atom. The highest BCUT2D eigenvalue weighted by Gasteiger charge is 2.13. The van der Waals surface area contributed by atoms with Crippen molar-refractivity contribution in [3.63, 3.8) is 0 Å². The summed E-state index contributed by atoms with van der Waals surface area (Å²) in [6, 6.07) is 18.3. The standard InChI is InChI=1S/C18H10ClNO.C2H6/c19-10-5-6-13-15(9-10)20-14-8-7-12-11-3-1-2-4-16(11)21-18(12)17(13)14;1-2/h1-9,20H;1-2H3. The second-order valence-corrected chi connectivity index (χ2v) is 5.71. The molecule has 0 radical (unpaired) electrons. The van der Waals surface area contributed by atoms with Gasteiger partial charge >= 0.3 is 0 Å². The first-order chi connectivity index (χ1) is 11.3. The van der Waals surface area contributed by atoms with Crippen molar-refractivity contribution in [1.29, 1.82) is 0 Å².